The van der Waals surface area contributed by atoms with Crippen molar-refractivity contribution in [3.8, 4) is 5.75 Å². The first-order valence-electron chi connectivity index (χ1n) is 7.96. The number of pyridine rings is 1. The first-order valence-corrected chi connectivity index (χ1v) is 7.96. The number of anilines is 1. The lowest BCUT2D eigenvalue weighted by Crippen LogP contribution is -2.31. The average molecular weight is 327 g/mol. The Bertz CT molecular complexity index is 706. The number of carbonyl (C=O) groups excluding carboxylic acids is 1. The van der Waals surface area contributed by atoms with Crippen LogP contribution < -0.4 is 15.0 Å². The van der Waals surface area contributed by atoms with Crippen LogP contribution in [0.5, 0.6) is 5.75 Å². The average Bonchev–Trinajstić information content (AvgIpc) is 2.63. The molecule has 2 N–H and O–H groups in total. The largest absolute Gasteiger partial charge is 0.490 e. The molecule has 0 spiro atoms. The molecule has 3 rings (SSSR count). The van der Waals surface area contributed by atoms with E-state index in [9.17, 15) is 9.90 Å². The normalized spacial score (nSPS) is 14.5. The van der Waals surface area contributed by atoms with Crippen LogP contribution in [0.3, 0.4) is 0 Å². The summed E-state index contributed by atoms with van der Waals surface area (Å²) in [5, 5.41) is 12.4. The smallest absolute Gasteiger partial charge is 0.251 e. The topological polar surface area (TPSA) is 74.7 Å². The van der Waals surface area contributed by atoms with Crippen LogP contribution in [0.1, 0.15) is 21.8 Å². The highest BCUT2D eigenvalue weighted by Gasteiger charge is 2.18. The van der Waals surface area contributed by atoms with Crippen molar-refractivity contribution in [2.75, 3.05) is 38.3 Å². The molecule has 2 aromatic rings. The Morgan fingerprint density at radius 3 is 3.08 bits per heavy atom. The summed E-state index contributed by atoms with van der Waals surface area (Å²) in [5.74, 6) is 0.453. The Kier molecular flexibility index (Phi) is 4.96. The maximum absolute atomic E-state index is 12.4. The highest BCUT2D eigenvalue weighted by molar-refractivity contribution is 5.95. The summed E-state index contributed by atoms with van der Waals surface area (Å²) in [5.41, 5.74) is 2.40. The molecule has 0 saturated heterocycles. The number of amides is 1. The van der Waals surface area contributed by atoms with Gasteiger partial charge < -0.3 is 20.1 Å². The minimum Gasteiger partial charge on any atom is -0.490 e. The molecule has 1 aromatic carbocycles. The Hall–Kier alpha value is -2.60. The van der Waals surface area contributed by atoms with E-state index in [1.54, 1.807) is 18.5 Å². The van der Waals surface area contributed by atoms with Crippen molar-refractivity contribution in [1.29, 1.82) is 0 Å². The number of aliphatic hydroxyl groups excluding tert-OH is 1. The van der Waals surface area contributed by atoms with Crippen LogP contribution in [-0.4, -0.2) is 49.3 Å². The van der Waals surface area contributed by atoms with Crippen LogP contribution in [0.2, 0.25) is 0 Å². The van der Waals surface area contributed by atoms with Gasteiger partial charge in [0, 0.05) is 37.5 Å². The molecule has 1 atom stereocenters. The zero-order chi connectivity index (χ0) is 16.9. The van der Waals surface area contributed by atoms with Crippen molar-refractivity contribution in [3.05, 3.63) is 53.9 Å². The van der Waals surface area contributed by atoms with Gasteiger partial charge in [0.1, 0.15) is 12.4 Å². The lowest BCUT2D eigenvalue weighted by Gasteiger charge is -2.28. The molecule has 6 nitrogen and oxygen atoms in total. The Balaban J connectivity index is 1.68. The first kappa shape index (κ1) is 16.3. The third-order valence-corrected chi connectivity index (χ3v) is 4.20. The van der Waals surface area contributed by atoms with Gasteiger partial charge in [-0.25, -0.2) is 0 Å². The number of rotatable bonds is 5. The molecular formula is C18H21N3O3. The molecule has 1 aliphatic heterocycles. The lowest BCUT2D eigenvalue weighted by atomic mass is 10.0. The van der Waals surface area contributed by atoms with E-state index in [1.165, 1.54) is 0 Å². The first-order chi connectivity index (χ1) is 11.7. The van der Waals surface area contributed by atoms with Gasteiger partial charge in [-0.1, -0.05) is 6.07 Å². The maximum atomic E-state index is 12.4. The van der Waals surface area contributed by atoms with E-state index < -0.39 is 0 Å². The number of nitrogens with one attached hydrogen (secondary N) is 1. The molecule has 2 heterocycles. The minimum absolute atomic E-state index is 0.0489. The van der Waals surface area contributed by atoms with E-state index >= 15 is 0 Å². The molecule has 0 aliphatic carbocycles. The Morgan fingerprint density at radius 2 is 2.33 bits per heavy atom. The summed E-state index contributed by atoms with van der Waals surface area (Å²) in [7, 11) is 1.98. The third-order valence-electron chi connectivity index (χ3n) is 4.20. The maximum Gasteiger partial charge on any atom is 0.251 e. The van der Waals surface area contributed by atoms with E-state index in [0.29, 0.717) is 18.7 Å². The molecule has 0 saturated carbocycles. The van der Waals surface area contributed by atoms with Gasteiger partial charge in [-0.15, -0.1) is 0 Å². The molecule has 6 heteroatoms. The van der Waals surface area contributed by atoms with Gasteiger partial charge in [0.2, 0.25) is 0 Å². The van der Waals surface area contributed by atoms with E-state index in [0.717, 1.165) is 23.5 Å². The second-order valence-electron chi connectivity index (χ2n) is 5.83. The SMILES string of the molecule is CN1CCOc2ccc(C(=O)NCC(CO)c3cccnc3)cc21. The highest BCUT2D eigenvalue weighted by atomic mass is 16.5. The number of aliphatic hydroxyl groups is 1. The van der Waals surface area contributed by atoms with E-state index in [2.05, 4.69) is 15.2 Å². The van der Waals surface area contributed by atoms with Crippen molar-refractivity contribution in [1.82, 2.24) is 10.3 Å². The van der Waals surface area contributed by atoms with Crippen molar-refractivity contribution in [2.45, 2.75) is 5.92 Å². The fourth-order valence-corrected chi connectivity index (χ4v) is 2.72. The van der Waals surface area contributed by atoms with E-state index in [4.69, 9.17) is 4.74 Å². The van der Waals surface area contributed by atoms with Crippen LogP contribution in [-0.2, 0) is 0 Å². The van der Waals surface area contributed by atoms with Crippen LogP contribution >= 0.6 is 0 Å². The Morgan fingerprint density at radius 1 is 1.46 bits per heavy atom. The molecule has 1 amide bonds. The molecule has 0 radical (unpaired) electrons. The number of ether oxygens (including phenoxy) is 1. The predicted molar refractivity (Wildman–Crippen MR) is 91.6 cm³/mol. The van der Waals surface area contributed by atoms with Gasteiger partial charge >= 0.3 is 0 Å². The molecule has 126 valence electrons. The zero-order valence-corrected chi connectivity index (χ0v) is 13.6. The monoisotopic (exact) mass is 327 g/mol. The number of aromatic nitrogens is 1. The number of benzene rings is 1. The van der Waals surface area contributed by atoms with Crippen molar-refractivity contribution >= 4 is 11.6 Å². The van der Waals surface area contributed by atoms with Crippen molar-refractivity contribution in [3.63, 3.8) is 0 Å². The van der Waals surface area contributed by atoms with Crippen LogP contribution in [0, 0.1) is 0 Å². The van der Waals surface area contributed by atoms with E-state index in [1.807, 2.05) is 31.3 Å². The van der Waals surface area contributed by atoms with E-state index in [-0.39, 0.29) is 18.4 Å². The molecule has 1 aromatic heterocycles. The standard InChI is InChI=1S/C18H21N3O3/c1-21-7-8-24-17-5-4-13(9-16(17)21)18(23)20-11-15(12-22)14-3-2-6-19-10-14/h2-6,9-10,15,22H,7-8,11-12H2,1H3,(H,20,23). The predicted octanol–water partition coefficient (Wildman–Crippen LogP) is 1.42. The fraction of sp³-hybridized carbons (Fsp3) is 0.333. The second kappa shape index (κ2) is 7.31. The van der Waals surface area contributed by atoms with Crippen molar-refractivity contribution in [2.24, 2.45) is 0 Å². The number of carbonyl (C=O) groups is 1. The molecule has 24 heavy (non-hydrogen) atoms. The number of nitrogens with zero attached hydrogens (tertiary/aromatic N) is 2. The summed E-state index contributed by atoms with van der Waals surface area (Å²) in [6, 6.07) is 9.13. The second-order valence-corrected chi connectivity index (χ2v) is 5.83. The number of hydrogen-bond acceptors (Lipinski definition) is 5. The van der Waals surface area contributed by atoms with Gasteiger partial charge in [-0.3, -0.25) is 9.78 Å². The van der Waals surface area contributed by atoms with Gasteiger partial charge in [0.15, 0.2) is 0 Å². The summed E-state index contributed by atoms with van der Waals surface area (Å²) in [4.78, 5) is 18.5. The molecule has 0 bridgehead atoms. The van der Waals surface area contributed by atoms with Crippen LogP contribution in [0.15, 0.2) is 42.7 Å². The minimum atomic E-state index is -0.175. The molecule has 1 aliphatic rings. The van der Waals surface area contributed by atoms with Gasteiger partial charge in [0.25, 0.3) is 5.91 Å². The highest BCUT2D eigenvalue weighted by Crippen LogP contribution is 2.31. The third kappa shape index (κ3) is 3.49. The Labute approximate surface area is 141 Å². The quantitative estimate of drug-likeness (QED) is 0.869. The molecule has 1 unspecified atom stereocenters. The summed E-state index contributed by atoms with van der Waals surface area (Å²) in [6.07, 6.45) is 3.39. The van der Waals surface area contributed by atoms with Crippen LogP contribution in [0.4, 0.5) is 5.69 Å². The number of fused-ring (bicyclic) bond motifs is 1. The zero-order valence-electron chi connectivity index (χ0n) is 13.6. The fourth-order valence-electron chi connectivity index (χ4n) is 2.72. The number of likely N-dealkylation sites (N-methyl/N-ethyl adjacent to an activating group) is 1. The van der Waals surface area contributed by atoms with Crippen molar-refractivity contribution < 1.29 is 14.6 Å². The van der Waals surface area contributed by atoms with Gasteiger partial charge in [-0.2, -0.15) is 0 Å². The van der Waals surface area contributed by atoms with Crippen LogP contribution in [0.25, 0.3) is 0 Å². The summed E-state index contributed by atoms with van der Waals surface area (Å²) in [6.45, 7) is 1.75. The molecule has 0 fully saturated rings. The molecular weight excluding hydrogens is 306 g/mol. The van der Waals surface area contributed by atoms with Gasteiger partial charge in [0.05, 0.1) is 18.8 Å². The lowest BCUT2D eigenvalue weighted by molar-refractivity contribution is 0.0947. The summed E-state index contributed by atoms with van der Waals surface area (Å²) >= 11 is 0. The van der Waals surface area contributed by atoms with Gasteiger partial charge in [-0.05, 0) is 29.8 Å². The summed E-state index contributed by atoms with van der Waals surface area (Å²) < 4.78 is 5.59. The number of hydrogen-bond donors (Lipinski definition) is 2.